The largest absolute Gasteiger partial charge is 0.466 e. The number of halogens is 1. The molecule has 0 saturated heterocycles. The predicted octanol–water partition coefficient (Wildman–Crippen LogP) is 2.25. The summed E-state index contributed by atoms with van der Waals surface area (Å²) >= 11 is 3.25. The van der Waals surface area contributed by atoms with Gasteiger partial charge in [0.2, 0.25) is 0 Å². The van der Waals surface area contributed by atoms with Crippen molar-refractivity contribution in [2.75, 3.05) is 7.11 Å². The van der Waals surface area contributed by atoms with Crippen LogP contribution in [-0.4, -0.2) is 47.4 Å². The number of ether oxygens (including phenoxy) is 2. The van der Waals surface area contributed by atoms with Gasteiger partial charge in [-0.25, -0.2) is 9.59 Å². The summed E-state index contributed by atoms with van der Waals surface area (Å²) in [5.74, 6) is -5.37. The number of esters is 2. The number of carbonyl (C=O) groups is 4. The predicted molar refractivity (Wildman–Crippen MR) is 102 cm³/mol. The molecule has 0 heterocycles. The van der Waals surface area contributed by atoms with Gasteiger partial charge in [-0.2, -0.15) is 0 Å². The van der Waals surface area contributed by atoms with Gasteiger partial charge in [0.1, 0.15) is 11.4 Å². The molecule has 0 aliphatic heterocycles. The minimum atomic E-state index is -1.99. The van der Waals surface area contributed by atoms with Gasteiger partial charge in [0.05, 0.1) is 24.5 Å². The zero-order valence-electron chi connectivity index (χ0n) is 15.9. The van der Waals surface area contributed by atoms with Crippen LogP contribution in [0.3, 0.4) is 0 Å². The lowest BCUT2D eigenvalue weighted by molar-refractivity contribution is -0.139. The molecule has 1 fully saturated rings. The molecule has 8 heteroatoms. The van der Waals surface area contributed by atoms with Crippen molar-refractivity contribution in [1.29, 1.82) is 0 Å². The summed E-state index contributed by atoms with van der Waals surface area (Å²) in [6.45, 7) is 3.98. The Balaban J connectivity index is 2.43. The lowest BCUT2D eigenvalue weighted by Crippen LogP contribution is -2.46. The fourth-order valence-electron chi connectivity index (χ4n) is 3.58. The normalized spacial score (nSPS) is 27.4. The van der Waals surface area contributed by atoms with Crippen molar-refractivity contribution in [2.24, 2.45) is 11.8 Å². The molecule has 7 nitrogen and oxygen atoms in total. The molecule has 28 heavy (non-hydrogen) atoms. The van der Waals surface area contributed by atoms with Gasteiger partial charge >= 0.3 is 11.9 Å². The molecule has 4 atom stereocenters. The van der Waals surface area contributed by atoms with Crippen molar-refractivity contribution in [1.82, 2.24) is 0 Å². The standard InChI is InChI=1S/C20H21BrO7/c1-5-13(19(25)27-4)14-15(10(2)22)20(3,26)17(16(14)23)28-18(24)11-6-8-12(21)9-7-11/h5-9,14-15,17,26H,1-4H3/b13-5+/t14-,15+,17+,20-/m1/s1. The number of ketones is 2. The van der Waals surface area contributed by atoms with E-state index in [2.05, 4.69) is 15.9 Å². The summed E-state index contributed by atoms with van der Waals surface area (Å²) in [6.07, 6.45) is -0.249. The van der Waals surface area contributed by atoms with Crippen LogP contribution in [0.4, 0.5) is 0 Å². The smallest absolute Gasteiger partial charge is 0.338 e. The molecular weight excluding hydrogens is 432 g/mol. The highest BCUT2D eigenvalue weighted by Crippen LogP contribution is 2.44. The third-order valence-electron chi connectivity index (χ3n) is 4.87. The molecule has 1 aliphatic rings. The third-order valence-corrected chi connectivity index (χ3v) is 5.40. The molecule has 0 spiro atoms. The van der Waals surface area contributed by atoms with Gasteiger partial charge in [-0.1, -0.05) is 22.0 Å². The average molecular weight is 453 g/mol. The van der Waals surface area contributed by atoms with E-state index in [0.717, 1.165) is 11.6 Å². The molecule has 1 N–H and O–H groups in total. The lowest BCUT2D eigenvalue weighted by atomic mass is 9.80. The average Bonchev–Trinajstić information content (AvgIpc) is 2.83. The van der Waals surface area contributed by atoms with Gasteiger partial charge in [0.25, 0.3) is 0 Å². The van der Waals surface area contributed by atoms with E-state index in [9.17, 15) is 24.3 Å². The summed E-state index contributed by atoms with van der Waals surface area (Å²) in [6, 6.07) is 6.24. The van der Waals surface area contributed by atoms with E-state index < -0.39 is 47.0 Å². The highest BCUT2D eigenvalue weighted by atomic mass is 79.9. The van der Waals surface area contributed by atoms with Gasteiger partial charge in [-0.3, -0.25) is 9.59 Å². The van der Waals surface area contributed by atoms with E-state index in [1.807, 2.05) is 0 Å². The molecule has 2 rings (SSSR count). The summed E-state index contributed by atoms with van der Waals surface area (Å²) in [7, 11) is 1.15. The first kappa shape index (κ1) is 22.0. The van der Waals surface area contributed by atoms with Gasteiger partial charge in [0.15, 0.2) is 11.9 Å². The Labute approximate surface area is 170 Å². The second kappa shape index (κ2) is 8.36. The Morgan fingerprint density at radius 3 is 2.25 bits per heavy atom. The third kappa shape index (κ3) is 3.93. The first-order valence-corrected chi connectivity index (χ1v) is 9.33. The van der Waals surface area contributed by atoms with Crippen LogP contribution in [0, 0.1) is 11.8 Å². The number of allylic oxidation sites excluding steroid dienone is 1. The monoisotopic (exact) mass is 452 g/mol. The Hall–Kier alpha value is -2.32. The zero-order chi connectivity index (χ0) is 21.2. The maximum Gasteiger partial charge on any atom is 0.338 e. The quantitative estimate of drug-likeness (QED) is 0.538. The Bertz CT molecular complexity index is 839. The van der Waals surface area contributed by atoms with Crippen molar-refractivity contribution in [3.63, 3.8) is 0 Å². The topological polar surface area (TPSA) is 107 Å². The van der Waals surface area contributed by atoms with Crippen LogP contribution in [0.2, 0.25) is 0 Å². The van der Waals surface area contributed by atoms with Crippen molar-refractivity contribution >= 4 is 39.4 Å². The number of rotatable bonds is 5. The second-order valence-corrected chi connectivity index (χ2v) is 7.64. The van der Waals surface area contributed by atoms with Crippen LogP contribution < -0.4 is 0 Å². The van der Waals surface area contributed by atoms with Crippen molar-refractivity contribution < 1.29 is 33.8 Å². The molecule has 1 aromatic rings. The minimum absolute atomic E-state index is 0.0600. The Kier molecular flexibility index (Phi) is 6.56. The van der Waals surface area contributed by atoms with E-state index in [1.54, 1.807) is 12.1 Å². The van der Waals surface area contributed by atoms with Gasteiger partial charge in [-0.15, -0.1) is 0 Å². The van der Waals surface area contributed by atoms with Crippen molar-refractivity contribution in [2.45, 2.75) is 32.5 Å². The highest BCUT2D eigenvalue weighted by Gasteiger charge is 2.62. The maximum atomic E-state index is 13.0. The fourth-order valence-corrected chi connectivity index (χ4v) is 3.84. The van der Waals surface area contributed by atoms with Gasteiger partial charge in [-0.05, 0) is 45.0 Å². The number of hydrogen-bond acceptors (Lipinski definition) is 7. The lowest BCUT2D eigenvalue weighted by Gasteiger charge is -2.29. The number of benzene rings is 1. The second-order valence-electron chi connectivity index (χ2n) is 6.72. The van der Waals surface area contributed by atoms with Crippen LogP contribution in [0.5, 0.6) is 0 Å². The first-order chi connectivity index (χ1) is 13.1. The van der Waals surface area contributed by atoms with E-state index in [4.69, 9.17) is 9.47 Å². The van der Waals surface area contributed by atoms with Crippen LogP contribution in [0.15, 0.2) is 40.4 Å². The molecule has 1 saturated carbocycles. The van der Waals surface area contributed by atoms with Crippen molar-refractivity contribution in [3.8, 4) is 0 Å². The van der Waals surface area contributed by atoms with Gasteiger partial charge < -0.3 is 14.6 Å². The van der Waals surface area contributed by atoms with E-state index in [0.29, 0.717) is 0 Å². The van der Waals surface area contributed by atoms with Crippen molar-refractivity contribution in [3.05, 3.63) is 46.0 Å². The Morgan fingerprint density at radius 1 is 1.21 bits per heavy atom. The molecule has 0 aromatic heterocycles. The number of Topliss-reactive ketones (excluding diaryl/α,β-unsaturated/α-hetero) is 2. The molecule has 0 bridgehead atoms. The highest BCUT2D eigenvalue weighted by molar-refractivity contribution is 9.10. The summed E-state index contributed by atoms with van der Waals surface area (Å²) < 4.78 is 10.7. The first-order valence-electron chi connectivity index (χ1n) is 8.53. The minimum Gasteiger partial charge on any atom is -0.466 e. The molecule has 0 unspecified atom stereocenters. The van der Waals surface area contributed by atoms with Gasteiger partial charge in [0, 0.05) is 10.0 Å². The van der Waals surface area contributed by atoms with Crippen LogP contribution >= 0.6 is 15.9 Å². The zero-order valence-corrected chi connectivity index (χ0v) is 17.5. The van der Waals surface area contributed by atoms with Crippen LogP contribution in [0.25, 0.3) is 0 Å². The summed E-state index contributed by atoms with van der Waals surface area (Å²) in [5, 5.41) is 11.0. The summed E-state index contributed by atoms with van der Waals surface area (Å²) in [4.78, 5) is 49.8. The van der Waals surface area contributed by atoms with E-state index in [-0.39, 0.29) is 11.1 Å². The fraction of sp³-hybridized carbons (Fsp3) is 0.400. The molecule has 150 valence electrons. The molecule has 1 aromatic carbocycles. The number of aliphatic hydroxyl groups is 1. The molecule has 0 radical (unpaired) electrons. The maximum absolute atomic E-state index is 13.0. The van der Waals surface area contributed by atoms with Crippen LogP contribution in [0.1, 0.15) is 31.1 Å². The van der Waals surface area contributed by atoms with E-state index in [1.165, 1.54) is 39.0 Å². The van der Waals surface area contributed by atoms with Crippen LogP contribution in [-0.2, 0) is 23.9 Å². The molecule has 0 amide bonds. The Morgan fingerprint density at radius 2 is 1.79 bits per heavy atom. The molecular formula is C20H21BrO7. The van der Waals surface area contributed by atoms with E-state index >= 15 is 0 Å². The number of carbonyl (C=O) groups excluding carboxylic acids is 4. The summed E-state index contributed by atoms with van der Waals surface area (Å²) in [5.41, 5.74) is -1.87. The number of methoxy groups -OCH3 is 1. The number of hydrogen-bond donors (Lipinski definition) is 1. The SMILES string of the molecule is C/C=C(/C(=O)OC)[C@H]1C(=O)[C@H](OC(=O)c2ccc(Br)cc2)[C@](C)(O)[C@H]1C(C)=O. The molecule has 1 aliphatic carbocycles.